The number of benzene rings is 1. The number of rotatable bonds is 8. The van der Waals surface area contributed by atoms with Gasteiger partial charge in [0.1, 0.15) is 5.75 Å². The molecule has 3 nitrogen and oxygen atoms in total. The fraction of sp³-hybridized carbons (Fsp3) is 0.571. The predicted octanol–water partition coefficient (Wildman–Crippen LogP) is 2.51. The minimum Gasteiger partial charge on any atom is -0.493 e. The fourth-order valence-corrected chi connectivity index (χ4v) is 1.69. The number of hydrogen-bond acceptors (Lipinski definition) is 3. The van der Waals surface area contributed by atoms with E-state index >= 15 is 0 Å². The van der Waals surface area contributed by atoms with Crippen LogP contribution < -0.4 is 10.1 Å². The van der Waals surface area contributed by atoms with Crippen molar-refractivity contribution < 1.29 is 9.84 Å². The summed E-state index contributed by atoms with van der Waals surface area (Å²) in [7, 11) is 0. The molecule has 2 N–H and O–H groups in total. The molecule has 1 atom stereocenters. The summed E-state index contributed by atoms with van der Waals surface area (Å²) in [5.41, 5.74) is 1.18. The number of aliphatic hydroxyl groups is 1. The summed E-state index contributed by atoms with van der Waals surface area (Å²) < 4.78 is 5.68. The predicted molar refractivity (Wildman–Crippen MR) is 70.3 cm³/mol. The third-order valence-corrected chi connectivity index (χ3v) is 2.65. The van der Waals surface area contributed by atoms with Crippen molar-refractivity contribution in [2.75, 3.05) is 19.8 Å². The molecule has 1 rings (SSSR count). The third-order valence-electron chi connectivity index (χ3n) is 2.65. The summed E-state index contributed by atoms with van der Waals surface area (Å²) in [5, 5.41) is 12.2. The largest absolute Gasteiger partial charge is 0.493 e. The summed E-state index contributed by atoms with van der Waals surface area (Å²) in [5.74, 6) is 0.914. The summed E-state index contributed by atoms with van der Waals surface area (Å²) in [4.78, 5) is 0. The second kappa shape index (κ2) is 8.09. The number of nitrogens with one attached hydrogen (secondary N) is 1. The highest BCUT2D eigenvalue weighted by Gasteiger charge is 2.09. The van der Waals surface area contributed by atoms with Crippen LogP contribution >= 0.6 is 0 Å². The molecule has 17 heavy (non-hydrogen) atoms. The van der Waals surface area contributed by atoms with Crippen molar-refractivity contribution >= 4 is 0 Å². The van der Waals surface area contributed by atoms with Crippen LogP contribution in [0.25, 0.3) is 0 Å². The van der Waals surface area contributed by atoms with Gasteiger partial charge in [-0.05, 0) is 26.0 Å². The Kier molecular flexibility index (Phi) is 6.67. The maximum absolute atomic E-state index is 8.75. The molecule has 1 aromatic rings. The van der Waals surface area contributed by atoms with Crippen LogP contribution in [0.3, 0.4) is 0 Å². The molecule has 0 aliphatic rings. The Balaban J connectivity index is 2.62. The van der Waals surface area contributed by atoms with E-state index in [1.165, 1.54) is 5.56 Å². The maximum atomic E-state index is 8.75. The van der Waals surface area contributed by atoms with Gasteiger partial charge in [0.05, 0.1) is 6.61 Å². The van der Waals surface area contributed by atoms with Gasteiger partial charge in [-0.25, -0.2) is 0 Å². The number of para-hydroxylation sites is 1. The van der Waals surface area contributed by atoms with Crippen molar-refractivity contribution in [1.82, 2.24) is 5.32 Å². The van der Waals surface area contributed by atoms with Crippen LogP contribution in [0.1, 0.15) is 38.3 Å². The lowest BCUT2D eigenvalue weighted by atomic mass is 10.1. The minimum atomic E-state index is 0.172. The van der Waals surface area contributed by atoms with Crippen LogP contribution in [0.4, 0.5) is 0 Å². The molecule has 96 valence electrons. The van der Waals surface area contributed by atoms with Crippen LogP contribution in [0, 0.1) is 0 Å². The monoisotopic (exact) mass is 237 g/mol. The zero-order chi connectivity index (χ0) is 12.5. The molecule has 0 aliphatic carbocycles. The molecule has 0 saturated heterocycles. The second-order valence-electron chi connectivity index (χ2n) is 4.14. The van der Waals surface area contributed by atoms with E-state index in [1.54, 1.807) is 0 Å². The first kappa shape index (κ1) is 14.0. The van der Waals surface area contributed by atoms with Gasteiger partial charge in [0.15, 0.2) is 0 Å². The Morgan fingerprint density at radius 2 is 2.12 bits per heavy atom. The number of aliphatic hydroxyl groups excluding tert-OH is 1. The quantitative estimate of drug-likeness (QED) is 0.683. The molecular weight excluding hydrogens is 214 g/mol. The Morgan fingerprint density at radius 3 is 2.82 bits per heavy atom. The molecular formula is C14H23NO2. The summed E-state index contributed by atoms with van der Waals surface area (Å²) in [6, 6.07) is 8.36. The van der Waals surface area contributed by atoms with E-state index in [1.807, 2.05) is 18.2 Å². The molecule has 0 aliphatic heterocycles. The summed E-state index contributed by atoms with van der Waals surface area (Å²) >= 11 is 0. The zero-order valence-corrected chi connectivity index (χ0v) is 10.8. The molecule has 1 unspecified atom stereocenters. The average Bonchev–Trinajstić information content (AvgIpc) is 2.37. The van der Waals surface area contributed by atoms with Crippen LogP contribution in [0.2, 0.25) is 0 Å². The third kappa shape index (κ3) is 4.75. The molecule has 0 fully saturated rings. The molecule has 0 saturated carbocycles. The first-order valence-corrected chi connectivity index (χ1v) is 6.35. The molecule has 1 aromatic carbocycles. The second-order valence-corrected chi connectivity index (χ2v) is 4.14. The maximum Gasteiger partial charge on any atom is 0.124 e. The van der Waals surface area contributed by atoms with Gasteiger partial charge in [0.2, 0.25) is 0 Å². The minimum absolute atomic E-state index is 0.172. The molecule has 0 amide bonds. The van der Waals surface area contributed by atoms with Crippen LogP contribution in [-0.2, 0) is 0 Å². The number of hydrogen-bond donors (Lipinski definition) is 2. The average molecular weight is 237 g/mol. The van der Waals surface area contributed by atoms with Gasteiger partial charge in [0, 0.05) is 24.6 Å². The first-order chi connectivity index (χ1) is 8.29. The van der Waals surface area contributed by atoms with E-state index in [9.17, 15) is 0 Å². The Hall–Kier alpha value is -1.06. The van der Waals surface area contributed by atoms with E-state index in [0.717, 1.165) is 18.7 Å². The molecule has 0 spiro atoms. The summed E-state index contributed by atoms with van der Waals surface area (Å²) in [6.45, 7) is 6.04. The first-order valence-electron chi connectivity index (χ1n) is 6.35. The standard InChI is InChI=1S/C14H23NO2/c1-3-9-15-12(2)13-7-4-5-8-14(13)17-11-6-10-16/h4-5,7-8,12,15-16H,3,6,9-11H2,1-2H3. The van der Waals surface area contributed by atoms with E-state index in [2.05, 4.69) is 25.2 Å². The SMILES string of the molecule is CCCNC(C)c1ccccc1OCCCO. The van der Waals surface area contributed by atoms with Gasteiger partial charge >= 0.3 is 0 Å². The van der Waals surface area contributed by atoms with Gasteiger partial charge in [-0.3, -0.25) is 0 Å². The van der Waals surface area contributed by atoms with Crippen LogP contribution in [0.15, 0.2) is 24.3 Å². The topological polar surface area (TPSA) is 41.5 Å². The van der Waals surface area contributed by atoms with Crippen molar-refractivity contribution in [2.24, 2.45) is 0 Å². The highest BCUT2D eigenvalue weighted by molar-refractivity contribution is 5.35. The lowest BCUT2D eigenvalue weighted by Gasteiger charge is -2.18. The fourth-order valence-electron chi connectivity index (χ4n) is 1.69. The molecule has 0 aromatic heterocycles. The van der Waals surface area contributed by atoms with Crippen molar-refractivity contribution in [2.45, 2.75) is 32.7 Å². The van der Waals surface area contributed by atoms with Crippen molar-refractivity contribution in [3.63, 3.8) is 0 Å². The van der Waals surface area contributed by atoms with Gasteiger partial charge in [0.25, 0.3) is 0 Å². The van der Waals surface area contributed by atoms with Crippen molar-refractivity contribution in [3.8, 4) is 5.75 Å². The van der Waals surface area contributed by atoms with Crippen LogP contribution in [0.5, 0.6) is 5.75 Å². The van der Waals surface area contributed by atoms with Gasteiger partial charge < -0.3 is 15.2 Å². The zero-order valence-electron chi connectivity index (χ0n) is 10.8. The lowest BCUT2D eigenvalue weighted by Crippen LogP contribution is -2.20. The van der Waals surface area contributed by atoms with Gasteiger partial charge in [-0.1, -0.05) is 25.1 Å². The summed E-state index contributed by atoms with van der Waals surface area (Å²) in [6.07, 6.45) is 1.79. The highest BCUT2D eigenvalue weighted by atomic mass is 16.5. The molecule has 3 heteroatoms. The highest BCUT2D eigenvalue weighted by Crippen LogP contribution is 2.24. The van der Waals surface area contributed by atoms with E-state index in [4.69, 9.17) is 9.84 Å². The molecule has 0 bridgehead atoms. The smallest absolute Gasteiger partial charge is 0.124 e. The van der Waals surface area contributed by atoms with E-state index in [0.29, 0.717) is 19.1 Å². The Labute approximate surface area is 104 Å². The van der Waals surface area contributed by atoms with Gasteiger partial charge in [-0.2, -0.15) is 0 Å². The van der Waals surface area contributed by atoms with Crippen LogP contribution in [-0.4, -0.2) is 24.9 Å². The normalized spacial score (nSPS) is 12.4. The van der Waals surface area contributed by atoms with E-state index in [-0.39, 0.29) is 6.61 Å². The lowest BCUT2D eigenvalue weighted by molar-refractivity contribution is 0.232. The Bertz CT molecular complexity index is 315. The Morgan fingerprint density at radius 1 is 1.35 bits per heavy atom. The van der Waals surface area contributed by atoms with Crippen molar-refractivity contribution in [3.05, 3.63) is 29.8 Å². The van der Waals surface area contributed by atoms with Crippen molar-refractivity contribution in [1.29, 1.82) is 0 Å². The van der Waals surface area contributed by atoms with Gasteiger partial charge in [-0.15, -0.1) is 0 Å². The molecule has 0 heterocycles. The molecule has 0 radical (unpaired) electrons. The number of ether oxygens (including phenoxy) is 1. The van der Waals surface area contributed by atoms with E-state index < -0.39 is 0 Å².